The van der Waals surface area contributed by atoms with Crippen LogP contribution in [0.3, 0.4) is 0 Å². The van der Waals surface area contributed by atoms with Crippen LogP contribution in [0.1, 0.15) is 5.56 Å². The van der Waals surface area contributed by atoms with E-state index in [4.69, 9.17) is 4.78 Å². The molecule has 1 aliphatic heterocycles. The summed E-state index contributed by atoms with van der Waals surface area (Å²) in [5, 5.41) is 1.94. The Hall–Kier alpha value is -0.890. The van der Waals surface area contributed by atoms with Gasteiger partial charge in [-0.05, 0) is 33.8 Å². The first kappa shape index (κ1) is 5.86. The maximum absolute atomic E-state index is 7.55. The smallest absolute Gasteiger partial charge is 0.0296 e. The minimum Gasteiger partial charge on any atom is -0.271 e. The molecule has 0 saturated carbocycles. The van der Waals surface area contributed by atoms with Crippen molar-refractivity contribution in [2.75, 3.05) is 0 Å². The van der Waals surface area contributed by atoms with Crippen molar-refractivity contribution in [3.63, 3.8) is 0 Å². The molecule has 1 N–H and O–H groups in total. The number of nitrogens with one attached hydrogen (secondary N) is 1. The van der Waals surface area contributed by atoms with Gasteiger partial charge in [0.1, 0.15) is 0 Å². The Morgan fingerprint density at radius 1 is 1.20 bits per heavy atom. The van der Waals surface area contributed by atoms with E-state index < -0.39 is 0 Å². The van der Waals surface area contributed by atoms with Gasteiger partial charge in [0, 0.05) is 4.90 Å². The quantitative estimate of drug-likeness (QED) is 0.585. The predicted octanol–water partition coefficient (Wildman–Crippen LogP) is 2.41. The Kier molecular flexibility index (Phi) is 1.21. The van der Waals surface area contributed by atoms with E-state index in [0.717, 1.165) is 4.90 Å². The van der Waals surface area contributed by atoms with Crippen LogP contribution in [0.15, 0.2) is 34.6 Å². The molecule has 1 aromatic carbocycles. The van der Waals surface area contributed by atoms with Crippen LogP contribution in [-0.2, 0) is 10.7 Å². The lowest BCUT2D eigenvalue weighted by Crippen LogP contribution is -1.79. The molecule has 0 radical (unpaired) electrons. The van der Waals surface area contributed by atoms with Gasteiger partial charge in [-0.15, -0.1) is 0 Å². The van der Waals surface area contributed by atoms with Crippen LogP contribution in [0.4, 0.5) is 0 Å². The summed E-state index contributed by atoms with van der Waals surface area (Å²) in [6.07, 6.45) is 2.02. The number of rotatable bonds is 0. The van der Waals surface area contributed by atoms with E-state index in [1.54, 1.807) is 0 Å². The van der Waals surface area contributed by atoms with E-state index in [9.17, 15) is 0 Å². The van der Waals surface area contributed by atoms with Crippen molar-refractivity contribution in [2.24, 2.45) is 0 Å². The number of benzene rings is 1. The first-order valence-electron chi connectivity index (χ1n) is 3.09. The van der Waals surface area contributed by atoms with E-state index in [0.29, 0.717) is 0 Å². The lowest BCUT2D eigenvalue weighted by Gasteiger charge is -1.95. The van der Waals surface area contributed by atoms with Gasteiger partial charge in [0.15, 0.2) is 0 Å². The average Bonchev–Trinajstić information content (AvgIpc) is 2.34. The van der Waals surface area contributed by atoms with Crippen LogP contribution >= 0.6 is 0 Å². The standard InChI is InChI=1S/C8H7NS/c9-10-6-5-7-3-1-2-4-8(7)10/h1-6,9H. The molecule has 0 aliphatic carbocycles. The van der Waals surface area contributed by atoms with Gasteiger partial charge < -0.3 is 0 Å². The molecule has 1 atom stereocenters. The second kappa shape index (κ2) is 2.06. The molecule has 1 heterocycles. The van der Waals surface area contributed by atoms with Gasteiger partial charge in [-0.1, -0.05) is 18.2 Å². The predicted molar refractivity (Wildman–Crippen MR) is 43.8 cm³/mol. The van der Waals surface area contributed by atoms with E-state index in [2.05, 4.69) is 0 Å². The van der Waals surface area contributed by atoms with Gasteiger partial charge in [0.2, 0.25) is 0 Å². The molecule has 0 amide bonds. The van der Waals surface area contributed by atoms with Gasteiger partial charge in [-0.2, -0.15) is 0 Å². The third-order valence-corrected chi connectivity index (χ3v) is 2.79. The fourth-order valence-corrected chi connectivity index (χ4v) is 2.08. The lowest BCUT2D eigenvalue weighted by atomic mass is 10.2. The first-order valence-corrected chi connectivity index (χ1v) is 4.38. The summed E-state index contributed by atoms with van der Waals surface area (Å²) < 4.78 is 7.55. The fraction of sp³-hybridized carbons (Fsp3) is 0. The van der Waals surface area contributed by atoms with Gasteiger partial charge in [0.25, 0.3) is 0 Å². The fourth-order valence-electron chi connectivity index (χ4n) is 1.03. The zero-order valence-corrected chi connectivity index (χ0v) is 6.19. The van der Waals surface area contributed by atoms with Crippen molar-refractivity contribution in [3.05, 3.63) is 35.2 Å². The lowest BCUT2D eigenvalue weighted by molar-refractivity contribution is 1.42. The zero-order chi connectivity index (χ0) is 6.97. The van der Waals surface area contributed by atoms with Crippen LogP contribution in [0.25, 0.3) is 6.08 Å². The normalized spacial score (nSPS) is 21.0. The number of hydrogen-bond donors (Lipinski definition) is 1. The van der Waals surface area contributed by atoms with Gasteiger partial charge in [-0.3, -0.25) is 4.78 Å². The highest BCUT2D eigenvalue weighted by Gasteiger charge is 2.05. The Balaban J connectivity index is 2.70. The highest BCUT2D eigenvalue weighted by molar-refractivity contribution is 7.89. The molecule has 0 spiro atoms. The largest absolute Gasteiger partial charge is 0.271 e. The van der Waals surface area contributed by atoms with Crippen molar-refractivity contribution >= 4 is 16.8 Å². The maximum Gasteiger partial charge on any atom is 0.0296 e. The first-order chi connectivity index (χ1) is 4.88. The summed E-state index contributed by atoms with van der Waals surface area (Å²) >= 11 is 0. The van der Waals surface area contributed by atoms with E-state index in [1.807, 2.05) is 35.7 Å². The molecule has 1 nitrogen and oxygen atoms in total. The monoisotopic (exact) mass is 149 g/mol. The van der Waals surface area contributed by atoms with Crippen molar-refractivity contribution in [1.29, 1.82) is 4.78 Å². The van der Waals surface area contributed by atoms with Crippen molar-refractivity contribution in [1.82, 2.24) is 0 Å². The molecule has 50 valence electrons. The molecular weight excluding hydrogens is 142 g/mol. The average molecular weight is 149 g/mol. The summed E-state index contributed by atoms with van der Waals surface area (Å²) in [6, 6.07) is 8.06. The van der Waals surface area contributed by atoms with Crippen molar-refractivity contribution < 1.29 is 0 Å². The molecule has 10 heavy (non-hydrogen) atoms. The summed E-state index contributed by atoms with van der Waals surface area (Å²) in [6.45, 7) is 0. The summed E-state index contributed by atoms with van der Waals surface area (Å²) in [5.74, 6) is 0. The summed E-state index contributed by atoms with van der Waals surface area (Å²) in [7, 11) is -0.378. The minimum absolute atomic E-state index is 0.378. The van der Waals surface area contributed by atoms with Crippen LogP contribution in [-0.4, -0.2) is 0 Å². The van der Waals surface area contributed by atoms with Crippen LogP contribution in [0.2, 0.25) is 0 Å². The molecule has 0 aromatic heterocycles. The van der Waals surface area contributed by atoms with Gasteiger partial charge in [0.05, 0.1) is 0 Å². The third-order valence-electron chi connectivity index (χ3n) is 1.54. The maximum atomic E-state index is 7.55. The van der Waals surface area contributed by atoms with Crippen LogP contribution < -0.4 is 0 Å². The van der Waals surface area contributed by atoms with Crippen molar-refractivity contribution in [3.8, 4) is 0 Å². The van der Waals surface area contributed by atoms with Crippen LogP contribution in [0.5, 0.6) is 0 Å². The zero-order valence-electron chi connectivity index (χ0n) is 5.37. The second-order valence-electron chi connectivity index (χ2n) is 2.18. The van der Waals surface area contributed by atoms with Gasteiger partial charge in [-0.25, -0.2) is 0 Å². The Morgan fingerprint density at radius 3 is 2.80 bits per heavy atom. The van der Waals surface area contributed by atoms with Gasteiger partial charge >= 0.3 is 0 Å². The molecule has 0 fully saturated rings. The third kappa shape index (κ3) is 0.727. The molecule has 2 rings (SSSR count). The van der Waals surface area contributed by atoms with E-state index in [-0.39, 0.29) is 10.7 Å². The van der Waals surface area contributed by atoms with Crippen molar-refractivity contribution in [2.45, 2.75) is 4.90 Å². The Bertz CT molecular complexity index is 315. The molecule has 1 unspecified atom stereocenters. The van der Waals surface area contributed by atoms with E-state index >= 15 is 0 Å². The topological polar surface area (TPSA) is 23.9 Å². The number of fused-ring (bicyclic) bond motifs is 1. The minimum atomic E-state index is -0.378. The molecule has 1 aromatic rings. The molecular formula is C8H7NS. The number of hydrogen-bond acceptors (Lipinski definition) is 1. The Morgan fingerprint density at radius 2 is 2.00 bits per heavy atom. The molecule has 1 aliphatic rings. The second-order valence-corrected chi connectivity index (χ2v) is 3.57. The van der Waals surface area contributed by atoms with E-state index in [1.165, 1.54) is 5.56 Å². The summed E-state index contributed by atoms with van der Waals surface area (Å²) in [5.41, 5.74) is 1.21. The SMILES string of the molecule is N=S1C=Cc2ccccc21. The molecule has 0 bridgehead atoms. The summed E-state index contributed by atoms with van der Waals surface area (Å²) in [4.78, 5) is 1.16. The Labute approximate surface area is 62.3 Å². The van der Waals surface area contributed by atoms with Crippen LogP contribution in [0, 0.1) is 4.78 Å². The molecule has 2 heteroatoms. The molecule has 0 saturated heterocycles. The highest BCUT2D eigenvalue weighted by atomic mass is 32.2. The highest BCUT2D eigenvalue weighted by Crippen LogP contribution is 2.22.